The number of carbonyl (C=O) groups is 1. The molecule has 0 radical (unpaired) electrons. The van der Waals surface area contributed by atoms with Gasteiger partial charge in [0.2, 0.25) is 11.8 Å². The number of nitrogens with zero attached hydrogens (tertiary/aromatic N) is 7. The smallest absolute Gasteiger partial charge is 0.254 e. The van der Waals surface area contributed by atoms with Crippen molar-refractivity contribution in [3.8, 4) is 11.4 Å². The lowest BCUT2D eigenvalue weighted by Crippen LogP contribution is -2.47. The predicted molar refractivity (Wildman–Crippen MR) is 101 cm³/mol. The quantitative estimate of drug-likeness (QED) is 0.737. The van der Waals surface area contributed by atoms with Crippen LogP contribution in [0.1, 0.15) is 23.2 Å². The molecule has 28 heavy (non-hydrogen) atoms. The molecule has 0 saturated carbocycles. The van der Waals surface area contributed by atoms with E-state index in [0.29, 0.717) is 22.9 Å². The van der Waals surface area contributed by atoms with Crippen LogP contribution in [0.4, 0.5) is 5.95 Å². The normalized spacial score (nSPS) is 21.6. The van der Waals surface area contributed by atoms with Crippen LogP contribution < -0.4 is 4.90 Å². The average molecular weight is 376 g/mol. The van der Waals surface area contributed by atoms with Crippen LogP contribution in [0.3, 0.4) is 0 Å². The molecule has 142 valence electrons. The summed E-state index contributed by atoms with van der Waals surface area (Å²) in [4.78, 5) is 26.5. The van der Waals surface area contributed by atoms with Crippen molar-refractivity contribution >= 4 is 11.9 Å². The first-order valence-corrected chi connectivity index (χ1v) is 9.45. The first-order valence-electron chi connectivity index (χ1n) is 9.45. The fourth-order valence-corrected chi connectivity index (χ4v) is 4.24. The number of anilines is 1. The summed E-state index contributed by atoms with van der Waals surface area (Å²) < 4.78 is 0. The van der Waals surface area contributed by atoms with Gasteiger partial charge in [-0.2, -0.15) is 5.21 Å². The fourth-order valence-electron chi connectivity index (χ4n) is 4.24. The van der Waals surface area contributed by atoms with Crippen LogP contribution in [0, 0.1) is 5.92 Å². The lowest BCUT2D eigenvalue weighted by molar-refractivity contribution is 0.0593. The SMILES string of the molecule is O=C(c1ccccc1-c1nn[nH]n1)N1C[C@H]2CC[C@@H]1CN(c1ncccn1)C2. The zero-order valence-electron chi connectivity index (χ0n) is 15.3. The fraction of sp³-hybridized carbons (Fsp3) is 0.368. The summed E-state index contributed by atoms with van der Waals surface area (Å²) in [6.07, 6.45) is 5.63. The van der Waals surface area contributed by atoms with Gasteiger partial charge in [-0.1, -0.05) is 18.2 Å². The van der Waals surface area contributed by atoms with E-state index in [9.17, 15) is 4.79 Å². The number of hydrogen-bond donors (Lipinski definition) is 1. The van der Waals surface area contributed by atoms with E-state index < -0.39 is 0 Å². The van der Waals surface area contributed by atoms with Crippen LogP contribution in [-0.2, 0) is 0 Å². The van der Waals surface area contributed by atoms with Gasteiger partial charge in [-0.15, -0.1) is 10.2 Å². The van der Waals surface area contributed by atoms with E-state index in [1.165, 1.54) is 0 Å². The second kappa shape index (κ2) is 6.99. The maximum absolute atomic E-state index is 13.5. The van der Waals surface area contributed by atoms with Crippen molar-refractivity contribution in [2.45, 2.75) is 18.9 Å². The summed E-state index contributed by atoms with van der Waals surface area (Å²) >= 11 is 0. The van der Waals surface area contributed by atoms with Gasteiger partial charge >= 0.3 is 0 Å². The monoisotopic (exact) mass is 376 g/mol. The average Bonchev–Trinajstić information content (AvgIpc) is 3.13. The molecule has 3 aliphatic heterocycles. The number of amides is 1. The number of H-pyrrole nitrogens is 1. The van der Waals surface area contributed by atoms with E-state index in [1.807, 2.05) is 35.2 Å². The summed E-state index contributed by atoms with van der Waals surface area (Å²) in [5.74, 6) is 1.60. The van der Waals surface area contributed by atoms with Gasteiger partial charge < -0.3 is 9.80 Å². The molecule has 9 heteroatoms. The highest BCUT2D eigenvalue weighted by atomic mass is 16.2. The third kappa shape index (κ3) is 2.98. The number of benzene rings is 1. The second-order valence-corrected chi connectivity index (χ2v) is 7.29. The number of rotatable bonds is 3. The molecule has 0 aliphatic carbocycles. The summed E-state index contributed by atoms with van der Waals surface area (Å²) in [5, 5.41) is 14.2. The molecular weight excluding hydrogens is 356 g/mol. The molecule has 3 aromatic rings. The Morgan fingerprint density at radius 3 is 2.71 bits per heavy atom. The molecule has 2 bridgehead atoms. The third-order valence-corrected chi connectivity index (χ3v) is 5.55. The van der Waals surface area contributed by atoms with E-state index in [0.717, 1.165) is 38.4 Å². The Kier molecular flexibility index (Phi) is 4.19. The summed E-state index contributed by atoms with van der Waals surface area (Å²) in [6, 6.07) is 9.40. The molecule has 3 aliphatic rings. The van der Waals surface area contributed by atoms with Gasteiger partial charge in [0.1, 0.15) is 0 Å². The lowest BCUT2D eigenvalue weighted by atomic mass is 9.93. The molecule has 9 nitrogen and oxygen atoms in total. The molecule has 0 spiro atoms. The van der Waals surface area contributed by atoms with E-state index in [-0.39, 0.29) is 11.9 Å². The van der Waals surface area contributed by atoms with Crippen molar-refractivity contribution in [3.63, 3.8) is 0 Å². The molecule has 0 unspecified atom stereocenters. The van der Waals surface area contributed by atoms with Crippen LogP contribution in [-0.4, -0.2) is 67.1 Å². The first-order chi connectivity index (χ1) is 13.8. The van der Waals surface area contributed by atoms with Gasteiger partial charge in [0.05, 0.1) is 5.56 Å². The molecule has 3 fully saturated rings. The number of nitrogens with one attached hydrogen (secondary N) is 1. The number of piperidine rings is 1. The minimum absolute atomic E-state index is 0.0194. The van der Waals surface area contributed by atoms with Gasteiger partial charge in [0.15, 0.2) is 0 Å². The largest absolute Gasteiger partial charge is 0.338 e. The van der Waals surface area contributed by atoms with Crippen molar-refractivity contribution < 1.29 is 4.79 Å². The Morgan fingerprint density at radius 2 is 1.89 bits per heavy atom. The lowest BCUT2D eigenvalue weighted by Gasteiger charge is -2.36. The molecule has 3 saturated heterocycles. The molecular formula is C19H20N8O. The number of carbonyl (C=O) groups excluding carboxylic acids is 1. The van der Waals surface area contributed by atoms with Crippen molar-refractivity contribution in [1.29, 1.82) is 0 Å². The molecule has 6 rings (SSSR count). The van der Waals surface area contributed by atoms with E-state index in [2.05, 4.69) is 35.5 Å². The van der Waals surface area contributed by atoms with E-state index >= 15 is 0 Å². The van der Waals surface area contributed by atoms with Gasteiger partial charge in [-0.3, -0.25) is 4.79 Å². The molecule has 5 heterocycles. The van der Waals surface area contributed by atoms with E-state index in [4.69, 9.17) is 0 Å². The topological polar surface area (TPSA) is 104 Å². The molecule has 1 N–H and O–H groups in total. The Bertz CT molecular complexity index is 961. The highest BCUT2D eigenvalue weighted by Crippen LogP contribution is 2.32. The van der Waals surface area contributed by atoms with E-state index in [1.54, 1.807) is 12.4 Å². The minimum atomic E-state index is 0.0194. The second-order valence-electron chi connectivity index (χ2n) is 7.29. The third-order valence-electron chi connectivity index (χ3n) is 5.55. The zero-order valence-corrected chi connectivity index (χ0v) is 15.3. The predicted octanol–water partition coefficient (Wildman–Crippen LogP) is 1.40. The zero-order chi connectivity index (χ0) is 18.9. The van der Waals surface area contributed by atoms with Gasteiger partial charge in [0.25, 0.3) is 5.91 Å². The summed E-state index contributed by atoms with van der Waals surface area (Å²) in [7, 11) is 0. The van der Waals surface area contributed by atoms with Crippen molar-refractivity contribution in [1.82, 2.24) is 35.5 Å². The Morgan fingerprint density at radius 1 is 1.04 bits per heavy atom. The van der Waals surface area contributed by atoms with Crippen molar-refractivity contribution in [2.75, 3.05) is 24.5 Å². The van der Waals surface area contributed by atoms with Crippen LogP contribution in [0.5, 0.6) is 0 Å². The first kappa shape index (κ1) is 16.8. The Labute approximate surface area is 161 Å². The standard InChI is InChI=1S/C19H20N8O/c28-18(16-5-2-1-4-15(16)17-22-24-25-23-17)27-11-13-6-7-14(27)12-26(10-13)19-20-8-3-9-21-19/h1-5,8-9,13-14H,6-7,10-12H2,(H,22,23,24,25)/t13-,14+/m0/s1. The molecule has 1 amide bonds. The maximum atomic E-state index is 13.5. The highest BCUT2D eigenvalue weighted by molar-refractivity contribution is 6.00. The van der Waals surface area contributed by atoms with Crippen LogP contribution in [0.2, 0.25) is 0 Å². The maximum Gasteiger partial charge on any atom is 0.254 e. The van der Waals surface area contributed by atoms with Gasteiger partial charge in [-0.25, -0.2) is 9.97 Å². The van der Waals surface area contributed by atoms with Crippen molar-refractivity contribution in [2.24, 2.45) is 5.92 Å². The Hall–Kier alpha value is -3.36. The van der Waals surface area contributed by atoms with Crippen LogP contribution in [0.15, 0.2) is 42.7 Å². The summed E-state index contributed by atoms with van der Waals surface area (Å²) in [6.45, 7) is 2.36. The molecule has 2 aromatic heterocycles. The number of tetrazole rings is 1. The van der Waals surface area contributed by atoms with Gasteiger partial charge in [0, 0.05) is 43.6 Å². The van der Waals surface area contributed by atoms with Crippen LogP contribution >= 0.6 is 0 Å². The van der Waals surface area contributed by atoms with Crippen molar-refractivity contribution in [3.05, 3.63) is 48.3 Å². The summed E-state index contributed by atoms with van der Waals surface area (Å²) in [5.41, 5.74) is 1.31. The Balaban J connectivity index is 1.44. The number of hydrogen-bond acceptors (Lipinski definition) is 7. The molecule has 1 aromatic carbocycles. The molecule has 2 atom stereocenters. The minimum Gasteiger partial charge on any atom is -0.338 e. The highest BCUT2D eigenvalue weighted by Gasteiger charge is 2.38. The number of aromatic nitrogens is 6. The number of aromatic amines is 1. The van der Waals surface area contributed by atoms with Gasteiger partial charge in [-0.05, 0) is 36.1 Å². The van der Waals surface area contributed by atoms with Crippen LogP contribution in [0.25, 0.3) is 11.4 Å². The number of fused-ring (bicyclic) bond motifs is 4.